The molecule has 0 atom stereocenters. The van der Waals surface area contributed by atoms with E-state index in [2.05, 4.69) is 11.8 Å². The monoisotopic (exact) mass is 386 g/mol. The molecule has 1 aliphatic rings. The van der Waals surface area contributed by atoms with Gasteiger partial charge in [-0.15, -0.1) is 0 Å². The van der Waals surface area contributed by atoms with Gasteiger partial charge in [-0.2, -0.15) is 0 Å². The summed E-state index contributed by atoms with van der Waals surface area (Å²) in [6, 6.07) is 13.9. The first-order valence-electron chi connectivity index (χ1n) is 8.14. The summed E-state index contributed by atoms with van der Waals surface area (Å²) in [5, 5.41) is 1.17. The average molecular weight is 387 g/mol. The van der Waals surface area contributed by atoms with Gasteiger partial charge in [-0.25, -0.2) is 0 Å². The third kappa shape index (κ3) is 4.57. The number of nitrogens with zero attached hydrogens (tertiary/aromatic N) is 2. The molecule has 2 aromatic carbocycles. The van der Waals surface area contributed by atoms with Crippen LogP contribution in [0.15, 0.2) is 48.5 Å². The van der Waals surface area contributed by atoms with Crippen LogP contribution in [0.4, 0.5) is 0 Å². The molecule has 0 aromatic heterocycles. The minimum absolute atomic E-state index is 0.0567. The zero-order valence-corrected chi connectivity index (χ0v) is 15.4. The van der Waals surface area contributed by atoms with E-state index in [0.717, 1.165) is 0 Å². The molecule has 132 valence electrons. The molecule has 3 rings (SSSR count). The number of piperazine rings is 1. The van der Waals surface area contributed by atoms with Crippen LogP contribution in [0.1, 0.15) is 15.9 Å². The molecular formula is C20H16Cl2N2O2. The number of benzene rings is 2. The maximum absolute atomic E-state index is 12.5. The molecule has 1 saturated heterocycles. The number of amides is 2. The van der Waals surface area contributed by atoms with E-state index in [4.69, 9.17) is 23.2 Å². The highest BCUT2D eigenvalue weighted by Gasteiger charge is 2.24. The maximum Gasteiger partial charge on any atom is 0.298 e. The van der Waals surface area contributed by atoms with Gasteiger partial charge in [0.15, 0.2) is 0 Å². The molecule has 2 aromatic rings. The Morgan fingerprint density at radius 1 is 0.846 bits per heavy atom. The highest BCUT2D eigenvalue weighted by Crippen LogP contribution is 2.13. The van der Waals surface area contributed by atoms with Crippen LogP contribution in [0, 0.1) is 11.8 Å². The van der Waals surface area contributed by atoms with Crippen molar-refractivity contribution in [2.45, 2.75) is 0 Å². The second-order valence-electron chi connectivity index (χ2n) is 5.85. The minimum atomic E-state index is -0.247. The molecule has 26 heavy (non-hydrogen) atoms. The quantitative estimate of drug-likeness (QED) is 0.705. The lowest BCUT2D eigenvalue weighted by Gasteiger charge is -2.33. The van der Waals surface area contributed by atoms with E-state index >= 15 is 0 Å². The summed E-state index contributed by atoms with van der Waals surface area (Å²) in [5.41, 5.74) is 1.29. The van der Waals surface area contributed by atoms with Crippen molar-refractivity contribution in [3.8, 4) is 11.8 Å². The third-order valence-electron chi connectivity index (χ3n) is 4.08. The van der Waals surface area contributed by atoms with Crippen LogP contribution in [0.3, 0.4) is 0 Å². The Hall–Kier alpha value is -2.48. The molecule has 0 saturated carbocycles. The first-order valence-corrected chi connectivity index (χ1v) is 8.90. The molecule has 0 unspecified atom stereocenters. The SMILES string of the molecule is O=C(C#Cc1cccc(Cl)c1)N1CCN(C(=O)c2ccc(Cl)cc2)CC1. The molecule has 0 N–H and O–H groups in total. The number of carbonyl (C=O) groups excluding carboxylic acids is 2. The summed E-state index contributed by atoms with van der Waals surface area (Å²) in [6.45, 7) is 1.88. The van der Waals surface area contributed by atoms with Gasteiger partial charge in [0.2, 0.25) is 0 Å². The maximum atomic E-state index is 12.5. The van der Waals surface area contributed by atoms with E-state index in [1.165, 1.54) is 0 Å². The first-order chi connectivity index (χ1) is 12.5. The largest absolute Gasteiger partial charge is 0.335 e. The second kappa shape index (κ2) is 8.27. The van der Waals surface area contributed by atoms with Crippen LogP contribution in [0.5, 0.6) is 0 Å². The summed E-state index contributed by atoms with van der Waals surface area (Å²) < 4.78 is 0. The summed E-state index contributed by atoms with van der Waals surface area (Å²) in [6.07, 6.45) is 0. The van der Waals surface area contributed by atoms with Crippen molar-refractivity contribution in [1.29, 1.82) is 0 Å². The highest BCUT2D eigenvalue weighted by molar-refractivity contribution is 6.31. The van der Waals surface area contributed by atoms with Gasteiger partial charge in [0.1, 0.15) is 0 Å². The van der Waals surface area contributed by atoms with Gasteiger partial charge in [-0.3, -0.25) is 9.59 Å². The van der Waals surface area contributed by atoms with Gasteiger partial charge >= 0.3 is 0 Å². The number of halogens is 2. The van der Waals surface area contributed by atoms with Gasteiger partial charge in [0.05, 0.1) is 0 Å². The zero-order valence-electron chi connectivity index (χ0n) is 13.9. The van der Waals surface area contributed by atoms with Crippen molar-refractivity contribution < 1.29 is 9.59 Å². The van der Waals surface area contributed by atoms with E-state index in [0.29, 0.717) is 47.4 Å². The molecule has 0 radical (unpaired) electrons. The minimum Gasteiger partial charge on any atom is -0.335 e. The van der Waals surface area contributed by atoms with Gasteiger partial charge in [0.25, 0.3) is 11.8 Å². The number of rotatable bonds is 1. The highest BCUT2D eigenvalue weighted by atomic mass is 35.5. The van der Waals surface area contributed by atoms with Gasteiger partial charge in [-0.1, -0.05) is 35.2 Å². The lowest BCUT2D eigenvalue weighted by molar-refractivity contribution is -0.126. The fourth-order valence-electron chi connectivity index (χ4n) is 2.66. The fourth-order valence-corrected chi connectivity index (χ4v) is 2.97. The lowest BCUT2D eigenvalue weighted by atomic mass is 10.2. The molecule has 0 spiro atoms. The van der Waals surface area contributed by atoms with Crippen molar-refractivity contribution in [3.63, 3.8) is 0 Å². The molecule has 6 heteroatoms. The van der Waals surface area contributed by atoms with Crippen molar-refractivity contribution in [2.75, 3.05) is 26.2 Å². The van der Waals surface area contributed by atoms with Crippen molar-refractivity contribution in [3.05, 3.63) is 69.7 Å². The Balaban J connectivity index is 1.57. The van der Waals surface area contributed by atoms with E-state index in [1.807, 2.05) is 0 Å². The van der Waals surface area contributed by atoms with Crippen LogP contribution in [0.2, 0.25) is 10.0 Å². The normalized spacial score (nSPS) is 13.8. The number of hydrogen-bond donors (Lipinski definition) is 0. The predicted molar refractivity (Wildman–Crippen MR) is 102 cm³/mol. The Bertz CT molecular complexity index is 877. The van der Waals surface area contributed by atoms with E-state index in [1.54, 1.807) is 58.3 Å². The fraction of sp³-hybridized carbons (Fsp3) is 0.200. The first kappa shape index (κ1) is 18.3. The summed E-state index contributed by atoms with van der Waals surface area (Å²) in [5.74, 6) is 5.16. The Labute approximate surface area is 162 Å². The number of carbonyl (C=O) groups is 2. The molecule has 4 nitrogen and oxygen atoms in total. The lowest BCUT2D eigenvalue weighted by Crippen LogP contribution is -2.50. The van der Waals surface area contributed by atoms with Crippen molar-refractivity contribution in [1.82, 2.24) is 9.80 Å². The smallest absolute Gasteiger partial charge is 0.298 e. The summed E-state index contributed by atoms with van der Waals surface area (Å²) in [4.78, 5) is 28.1. The topological polar surface area (TPSA) is 40.6 Å². The van der Waals surface area contributed by atoms with Gasteiger partial charge in [0, 0.05) is 53.3 Å². The number of hydrogen-bond acceptors (Lipinski definition) is 2. The summed E-state index contributed by atoms with van der Waals surface area (Å²) in [7, 11) is 0. The molecular weight excluding hydrogens is 371 g/mol. The van der Waals surface area contributed by atoms with Crippen LogP contribution in [-0.4, -0.2) is 47.8 Å². The molecule has 1 aliphatic heterocycles. The third-order valence-corrected chi connectivity index (χ3v) is 4.57. The van der Waals surface area contributed by atoms with Crippen LogP contribution in [-0.2, 0) is 4.79 Å². The molecule has 1 heterocycles. The molecule has 2 amide bonds. The van der Waals surface area contributed by atoms with E-state index in [9.17, 15) is 9.59 Å². The van der Waals surface area contributed by atoms with Crippen molar-refractivity contribution >= 4 is 35.0 Å². The Kier molecular flexibility index (Phi) is 5.82. The average Bonchev–Trinajstić information content (AvgIpc) is 2.66. The standard InChI is InChI=1S/C20H16Cl2N2O2/c21-17-7-5-16(6-8-17)20(26)24-12-10-23(11-13-24)19(25)9-4-15-2-1-3-18(22)14-15/h1-3,5-8,14H,10-13H2. The van der Waals surface area contributed by atoms with E-state index in [-0.39, 0.29) is 11.8 Å². The zero-order chi connectivity index (χ0) is 18.5. The Morgan fingerprint density at radius 2 is 1.50 bits per heavy atom. The Morgan fingerprint density at radius 3 is 2.15 bits per heavy atom. The van der Waals surface area contributed by atoms with Gasteiger partial charge < -0.3 is 9.80 Å². The summed E-state index contributed by atoms with van der Waals surface area (Å²) >= 11 is 11.8. The van der Waals surface area contributed by atoms with Gasteiger partial charge in [-0.05, 0) is 42.5 Å². The predicted octanol–water partition coefficient (Wildman–Crippen LogP) is 3.33. The molecule has 0 bridgehead atoms. The van der Waals surface area contributed by atoms with Crippen LogP contribution < -0.4 is 0 Å². The van der Waals surface area contributed by atoms with Crippen LogP contribution in [0.25, 0.3) is 0 Å². The van der Waals surface area contributed by atoms with Crippen LogP contribution >= 0.6 is 23.2 Å². The second-order valence-corrected chi connectivity index (χ2v) is 6.72. The molecule has 0 aliphatic carbocycles. The van der Waals surface area contributed by atoms with Crippen molar-refractivity contribution in [2.24, 2.45) is 0 Å². The molecule has 1 fully saturated rings. The van der Waals surface area contributed by atoms with E-state index < -0.39 is 0 Å².